The van der Waals surface area contributed by atoms with Crippen molar-refractivity contribution in [3.8, 4) is 0 Å². The zero-order valence-corrected chi connectivity index (χ0v) is 18.9. The standard InChI is InChI=1S/C22H27ClN6O4/c23-16-7-8-24-11-17(16)29-20(30)13-3-5-14(6-4-13)28-22(32)19-18(26-12-27-19)21(31)25-10-15-2-1-9-33-15/h7-8,11-15H,1-6,9-10H2,(H,25,31)(H,26,27)(H,28,32)(H,29,30). The fourth-order valence-electron chi connectivity index (χ4n) is 4.20. The third-order valence-corrected chi connectivity index (χ3v) is 6.38. The molecule has 176 valence electrons. The SMILES string of the molecule is O=C(NC1CCC(C(=O)Nc2cnccc2Cl)CC1)c1nc[nH]c1C(=O)NCC1CCCO1. The maximum atomic E-state index is 12.8. The molecule has 3 heterocycles. The molecule has 1 atom stereocenters. The number of carbonyl (C=O) groups excluding carboxylic acids is 3. The van der Waals surface area contributed by atoms with Gasteiger partial charge >= 0.3 is 0 Å². The smallest absolute Gasteiger partial charge is 0.272 e. The number of imidazole rings is 1. The number of aromatic nitrogens is 3. The van der Waals surface area contributed by atoms with Gasteiger partial charge in [-0.3, -0.25) is 19.4 Å². The zero-order valence-electron chi connectivity index (χ0n) is 18.1. The Labute approximate surface area is 196 Å². The monoisotopic (exact) mass is 474 g/mol. The molecular weight excluding hydrogens is 448 g/mol. The molecule has 2 fully saturated rings. The number of carbonyl (C=O) groups is 3. The van der Waals surface area contributed by atoms with E-state index in [1.807, 2.05) is 0 Å². The minimum absolute atomic E-state index is 0.00992. The molecule has 0 bridgehead atoms. The Hall–Kier alpha value is -2.98. The van der Waals surface area contributed by atoms with Crippen molar-refractivity contribution in [1.82, 2.24) is 25.6 Å². The van der Waals surface area contributed by atoms with Crippen LogP contribution in [0.5, 0.6) is 0 Å². The van der Waals surface area contributed by atoms with E-state index in [9.17, 15) is 14.4 Å². The van der Waals surface area contributed by atoms with E-state index in [0.29, 0.717) is 49.5 Å². The highest BCUT2D eigenvalue weighted by atomic mass is 35.5. The molecule has 3 amide bonds. The third kappa shape index (κ3) is 5.88. The molecule has 1 saturated heterocycles. The molecule has 2 aliphatic rings. The van der Waals surface area contributed by atoms with Crippen molar-refractivity contribution in [3.05, 3.63) is 41.2 Å². The highest BCUT2D eigenvalue weighted by Crippen LogP contribution is 2.27. The number of ether oxygens (including phenoxy) is 1. The van der Waals surface area contributed by atoms with Gasteiger partial charge in [0, 0.05) is 31.3 Å². The lowest BCUT2D eigenvalue weighted by molar-refractivity contribution is -0.120. The van der Waals surface area contributed by atoms with E-state index in [0.717, 1.165) is 12.8 Å². The van der Waals surface area contributed by atoms with Gasteiger partial charge in [0.2, 0.25) is 5.91 Å². The lowest BCUT2D eigenvalue weighted by Gasteiger charge is -2.28. The van der Waals surface area contributed by atoms with Crippen LogP contribution in [0.25, 0.3) is 0 Å². The highest BCUT2D eigenvalue weighted by molar-refractivity contribution is 6.33. The van der Waals surface area contributed by atoms with E-state index in [1.54, 1.807) is 12.3 Å². The summed E-state index contributed by atoms with van der Waals surface area (Å²) in [5.74, 6) is -1.07. The summed E-state index contributed by atoms with van der Waals surface area (Å²) in [5, 5.41) is 9.00. The number of halogens is 1. The Bertz CT molecular complexity index is 998. The van der Waals surface area contributed by atoms with E-state index in [4.69, 9.17) is 16.3 Å². The predicted molar refractivity (Wildman–Crippen MR) is 121 cm³/mol. The zero-order chi connectivity index (χ0) is 23.2. The molecule has 0 aromatic carbocycles. The molecule has 1 unspecified atom stereocenters. The molecule has 2 aromatic heterocycles. The molecule has 1 aliphatic carbocycles. The second kappa shape index (κ2) is 10.8. The molecule has 33 heavy (non-hydrogen) atoms. The van der Waals surface area contributed by atoms with Crippen LogP contribution in [0.15, 0.2) is 24.8 Å². The number of anilines is 1. The Kier molecular flexibility index (Phi) is 7.56. The van der Waals surface area contributed by atoms with Gasteiger partial charge in [-0.2, -0.15) is 0 Å². The summed E-state index contributed by atoms with van der Waals surface area (Å²) in [6.07, 6.45) is 8.87. The quantitative estimate of drug-likeness (QED) is 0.485. The van der Waals surface area contributed by atoms with Crippen LogP contribution in [0.2, 0.25) is 5.02 Å². The van der Waals surface area contributed by atoms with Crippen molar-refractivity contribution >= 4 is 35.0 Å². The maximum Gasteiger partial charge on any atom is 0.272 e. The fourth-order valence-corrected chi connectivity index (χ4v) is 4.35. The summed E-state index contributed by atoms with van der Waals surface area (Å²) in [7, 11) is 0. The molecule has 11 heteroatoms. The Balaban J connectivity index is 1.25. The normalized spacial score (nSPS) is 22.5. The van der Waals surface area contributed by atoms with Gasteiger partial charge < -0.3 is 25.7 Å². The van der Waals surface area contributed by atoms with Gasteiger partial charge in [0.25, 0.3) is 11.8 Å². The van der Waals surface area contributed by atoms with Gasteiger partial charge in [-0.1, -0.05) is 11.6 Å². The van der Waals surface area contributed by atoms with Crippen molar-refractivity contribution < 1.29 is 19.1 Å². The van der Waals surface area contributed by atoms with E-state index in [-0.39, 0.29) is 41.3 Å². The van der Waals surface area contributed by atoms with Crippen LogP contribution in [0, 0.1) is 5.92 Å². The average molecular weight is 475 g/mol. The second-order valence-corrected chi connectivity index (χ2v) is 8.75. The van der Waals surface area contributed by atoms with E-state index >= 15 is 0 Å². The molecular formula is C22H27ClN6O4. The molecule has 1 saturated carbocycles. The molecule has 0 spiro atoms. The Morgan fingerprint density at radius 1 is 1.15 bits per heavy atom. The van der Waals surface area contributed by atoms with Crippen molar-refractivity contribution in [3.63, 3.8) is 0 Å². The largest absolute Gasteiger partial charge is 0.376 e. The first-order valence-electron chi connectivity index (χ1n) is 11.2. The van der Waals surface area contributed by atoms with Gasteiger partial charge in [0.05, 0.1) is 29.3 Å². The van der Waals surface area contributed by atoms with Gasteiger partial charge in [-0.25, -0.2) is 4.98 Å². The molecule has 0 radical (unpaired) electrons. The summed E-state index contributed by atoms with van der Waals surface area (Å²) in [4.78, 5) is 48.6. The number of hydrogen-bond donors (Lipinski definition) is 4. The second-order valence-electron chi connectivity index (χ2n) is 8.34. The summed E-state index contributed by atoms with van der Waals surface area (Å²) in [5.41, 5.74) is 0.682. The van der Waals surface area contributed by atoms with Crippen LogP contribution in [0.4, 0.5) is 5.69 Å². The number of aromatic amines is 1. The number of nitrogens with zero attached hydrogens (tertiary/aromatic N) is 2. The van der Waals surface area contributed by atoms with Crippen LogP contribution >= 0.6 is 11.6 Å². The Morgan fingerprint density at radius 3 is 2.70 bits per heavy atom. The topological polar surface area (TPSA) is 138 Å². The first-order valence-corrected chi connectivity index (χ1v) is 11.5. The van der Waals surface area contributed by atoms with Crippen molar-refractivity contribution in [1.29, 1.82) is 0 Å². The lowest BCUT2D eigenvalue weighted by Crippen LogP contribution is -2.40. The van der Waals surface area contributed by atoms with Gasteiger partial charge in [0.1, 0.15) is 5.69 Å². The Morgan fingerprint density at radius 2 is 1.97 bits per heavy atom. The highest BCUT2D eigenvalue weighted by Gasteiger charge is 2.29. The number of nitrogens with one attached hydrogen (secondary N) is 4. The molecule has 4 rings (SSSR count). The number of amides is 3. The van der Waals surface area contributed by atoms with Gasteiger partial charge in [0.15, 0.2) is 5.69 Å². The fraction of sp³-hybridized carbons (Fsp3) is 0.500. The third-order valence-electron chi connectivity index (χ3n) is 6.05. The number of H-pyrrole nitrogens is 1. The van der Waals surface area contributed by atoms with Crippen molar-refractivity contribution in [2.75, 3.05) is 18.5 Å². The van der Waals surface area contributed by atoms with E-state index in [1.165, 1.54) is 12.5 Å². The van der Waals surface area contributed by atoms with E-state index in [2.05, 4.69) is 30.9 Å². The van der Waals surface area contributed by atoms with Crippen LogP contribution in [0.3, 0.4) is 0 Å². The molecule has 10 nitrogen and oxygen atoms in total. The minimum atomic E-state index is -0.409. The first-order chi connectivity index (χ1) is 16.0. The molecule has 4 N–H and O–H groups in total. The summed E-state index contributed by atoms with van der Waals surface area (Å²) < 4.78 is 5.51. The van der Waals surface area contributed by atoms with Crippen LogP contribution in [-0.2, 0) is 9.53 Å². The average Bonchev–Trinajstić information content (AvgIpc) is 3.52. The van der Waals surface area contributed by atoms with Crippen LogP contribution in [-0.4, -0.2) is 58.0 Å². The summed E-state index contributed by atoms with van der Waals surface area (Å²) in [6, 6.07) is 1.53. The van der Waals surface area contributed by atoms with Gasteiger partial charge in [-0.05, 0) is 44.6 Å². The van der Waals surface area contributed by atoms with Crippen LogP contribution < -0.4 is 16.0 Å². The van der Waals surface area contributed by atoms with Crippen molar-refractivity contribution in [2.45, 2.75) is 50.7 Å². The van der Waals surface area contributed by atoms with Crippen LogP contribution in [0.1, 0.15) is 59.5 Å². The molecule has 2 aromatic rings. The number of rotatable bonds is 7. The summed E-state index contributed by atoms with van der Waals surface area (Å²) in [6.45, 7) is 1.11. The van der Waals surface area contributed by atoms with Gasteiger partial charge in [-0.15, -0.1) is 0 Å². The minimum Gasteiger partial charge on any atom is -0.376 e. The maximum absolute atomic E-state index is 12.8. The molecule has 1 aliphatic heterocycles. The van der Waals surface area contributed by atoms with Crippen molar-refractivity contribution in [2.24, 2.45) is 5.92 Å². The summed E-state index contributed by atoms with van der Waals surface area (Å²) >= 11 is 6.08. The lowest BCUT2D eigenvalue weighted by atomic mass is 9.85. The number of pyridine rings is 1. The van der Waals surface area contributed by atoms with E-state index < -0.39 is 5.91 Å². The number of hydrogen-bond acceptors (Lipinski definition) is 6. The predicted octanol–water partition coefficient (Wildman–Crippen LogP) is 2.29. The first kappa shape index (κ1) is 23.2.